The van der Waals surface area contributed by atoms with E-state index in [-0.39, 0.29) is 17.4 Å². The Bertz CT molecular complexity index is 1120. The molecule has 0 spiro atoms. The topological polar surface area (TPSA) is 98.3 Å². The van der Waals surface area contributed by atoms with E-state index in [0.717, 1.165) is 15.8 Å². The van der Waals surface area contributed by atoms with Crippen LogP contribution in [0.15, 0.2) is 65.2 Å². The minimum absolute atomic E-state index is 0.0513. The van der Waals surface area contributed by atoms with Crippen LogP contribution in [0.3, 0.4) is 0 Å². The second-order valence-electron chi connectivity index (χ2n) is 5.84. The molecule has 8 heteroatoms. The number of para-hydroxylation sites is 1. The van der Waals surface area contributed by atoms with Crippen molar-refractivity contribution >= 4 is 39.0 Å². The summed E-state index contributed by atoms with van der Waals surface area (Å²) in [6.45, 7) is 0. The van der Waals surface area contributed by atoms with Gasteiger partial charge < -0.3 is 4.42 Å². The maximum atomic E-state index is 12.4. The number of nitrogens with one attached hydrogen (secondary N) is 1. The highest BCUT2D eigenvalue weighted by molar-refractivity contribution is 7.15. The van der Waals surface area contributed by atoms with E-state index < -0.39 is 4.92 Å². The van der Waals surface area contributed by atoms with Crippen molar-refractivity contribution in [3.63, 3.8) is 0 Å². The van der Waals surface area contributed by atoms with E-state index >= 15 is 0 Å². The van der Waals surface area contributed by atoms with Gasteiger partial charge in [-0.15, -0.1) is 11.3 Å². The first-order valence-electron chi connectivity index (χ1n) is 8.06. The van der Waals surface area contributed by atoms with E-state index in [9.17, 15) is 14.9 Å². The van der Waals surface area contributed by atoms with Gasteiger partial charge in [0.1, 0.15) is 5.58 Å². The fourth-order valence-electron chi connectivity index (χ4n) is 2.68. The van der Waals surface area contributed by atoms with E-state index in [0.29, 0.717) is 17.1 Å². The van der Waals surface area contributed by atoms with Gasteiger partial charge in [-0.3, -0.25) is 20.2 Å². The molecule has 1 N–H and O–H groups in total. The molecule has 0 aliphatic carbocycles. The number of rotatable bonds is 5. The number of carbonyl (C=O) groups excluding carboxylic acids is 1. The van der Waals surface area contributed by atoms with Crippen molar-refractivity contribution in [2.24, 2.45) is 0 Å². The first-order valence-corrected chi connectivity index (χ1v) is 8.88. The summed E-state index contributed by atoms with van der Waals surface area (Å²) >= 11 is 1.32. The number of furan rings is 1. The molecule has 0 atom stereocenters. The van der Waals surface area contributed by atoms with Crippen LogP contribution < -0.4 is 5.32 Å². The summed E-state index contributed by atoms with van der Waals surface area (Å²) < 4.78 is 5.54. The smallest absolute Gasteiger partial charge is 0.293 e. The largest absolute Gasteiger partial charge is 0.451 e. The second kappa shape index (κ2) is 7.00. The van der Waals surface area contributed by atoms with E-state index in [1.165, 1.54) is 23.5 Å². The molecule has 2 aromatic heterocycles. The van der Waals surface area contributed by atoms with Crippen LogP contribution in [0.2, 0.25) is 0 Å². The molecule has 1 amide bonds. The molecule has 0 bridgehead atoms. The molecule has 4 aromatic rings. The number of thiazole rings is 1. The number of amides is 1. The van der Waals surface area contributed by atoms with Crippen LogP contribution >= 0.6 is 11.3 Å². The number of non-ortho nitro benzene ring substituents is 1. The number of carbonyl (C=O) groups is 1. The Balaban J connectivity index is 1.47. The van der Waals surface area contributed by atoms with E-state index in [2.05, 4.69) is 10.3 Å². The lowest BCUT2D eigenvalue weighted by Crippen LogP contribution is -2.10. The second-order valence-corrected chi connectivity index (χ2v) is 6.95. The zero-order valence-electron chi connectivity index (χ0n) is 13.9. The van der Waals surface area contributed by atoms with Crippen LogP contribution in [0.4, 0.5) is 10.8 Å². The molecular weight excluding hydrogens is 366 g/mol. The van der Waals surface area contributed by atoms with Crippen LogP contribution in [0.1, 0.15) is 21.0 Å². The Morgan fingerprint density at radius 3 is 2.85 bits per heavy atom. The van der Waals surface area contributed by atoms with Crippen molar-refractivity contribution in [2.45, 2.75) is 6.42 Å². The first kappa shape index (κ1) is 16.9. The van der Waals surface area contributed by atoms with Gasteiger partial charge in [-0.2, -0.15) is 0 Å². The summed E-state index contributed by atoms with van der Waals surface area (Å²) in [6.07, 6.45) is 2.15. The van der Waals surface area contributed by atoms with Crippen LogP contribution in [-0.4, -0.2) is 15.8 Å². The van der Waals surface area contributed by atoms with Crippen LogP contribution in [0, 0.1) is 10.1 Å². The number of nitrogens with zero attached hydrogens (tertiary/aromatic N) is 2. The van der Waals surface area contributed by atoms with Crippen LogP contribution in [0.25, 0.3) is 11.0 Å². The minimum Gasteiger partial charge on any atom is -0.451 e. The Morgan fingerprint density at radius 1 is 1.19 bits per heavy atom. The third-order valence-electron chi connectivity index (χ3n) is 3.92. The third kappa shape index (κ3) is 3.70. The van der Waals surface area contributed by atoms with E-state index in [4.69, 9.17) is 4.42 Å². The lowest BCUT2D eigenvalue weighted by atomic mass is 10.1. The van der Waals surface area contributed by atoms with Gasteiger partial charge in [0.25, 0.3) is 11.6 Å². The summed E-state index contributed by atoms with van der Waals surface area (Å²) in [6, 6.07) is 15.5. The van der Waals surface area contributed by atoms with Gasteiger partial charge in [-0.05, 0) is 17.7 Å². The molecule has 4 rings (SSSR count). The molecule has 2 heterocycles. The summed E-state index contributed by atoms with van der Waals surface area (Å²) in [5.74, 6) is -0.158. The Kier molecular flexibility index (Phi) is 4.39. The van der Waals surface area contributed by atoms with Gasteiger partial charge in [0.05, 0.1) is 4.92 Å². The number of nitro groups is 1. The van der Waals surface area contributed by atoms with Crippen molar-refractivity contribution in [1.29, 1.82) is 0 Å². The van der Waals surface area contributed by atoms with Gasteiger partial charge in [0.15, 0.2) is 10.9 Å². The zero-order valence-corrected chi connectivity index (χ0v) is 14.7. The van der Waals surface area contributed by atoms with Crippen molar-refractivity contribution in [1.82, 2.24) is 4.98 Å². The fraction of sp³-hybridized carbons (Fsp3) is 0.0526. The van der Waals surface area contributed by atoms with Crippen molar-refractivity contribution < 1.29 is 14.1 Å². The lowest BCUT2D eigenvalue weighted by molar-refractivity contribution is -0.384. The van der Waals surface area contributed by atoms with Gasteiger partial charge in [-0.25, -0.2) is 4.98 Å². The zero-order chi connectivity index (χ0) is 18.8. The molecule has 0 radical (unpaired) electrons. The predicted molar refractivity (Wildman–Crippen MR) is 102 cm³/mol. The average molecular weight is 379 g/mol. The summed E-state index contributed by atoms with van der Waals surface area (Å²) in [4.78, 5) is 27.9. The molecule has 0 aliphatic heterocycles. The summed E-state index contributed by atoms with van der Waals surface area (Å²) in [5, 5.41) is 14.9. The highest BCUT2D eigenvalue weighted by atomic mass is 32.1. The quantitative estimate of drug-likeness (QED) is 0.402. The van der Waals surface area contributed by atoms with Crippen LogP contribution in [0.5, 0.6) is 0 Å². The molecular formula is C19H13N3O4S. The van der Waals surface area contributed by atoms with Crippen molar-refractivity contribution in [3.8, 4) is 0 Å². The number of nitro benzene ring substituents is 1. The van der Waals surface area contributed by atoms with E-state index in [1.54, 1.807) is 24.4 Å². The molecule has 27 heavy (non-hydrogen) atoms. The molecule has 0 aliphatic rings. The SMILES string of the molecule is O=C(Nc1ncc(Cc2cccc([N+](=O)[O-])c2)s1)c1cc2ccccc2o1. The number of benzene rings is 2. The van der Waals surface area contributed by atoms with Gasteiger partial charge >= 0.3 is 0 Å². The highest BCUT2D eigenvalue weighted by Crippen LogP contribution is 2.24. The number of fused-ring (bicyclic) bond motifs is 1. The normalized spacial score (nSPS) is 10.8. The number of hydrogen-bond donors (Lipinski definition) is 1. The van der Waals surface area contributed by atoms with Crippen LogP contribution in [-0.2, 0) is 6.42 Å². The van der Waals surface area contributed by atoms with Gasteiger partial charge in [-0.1, -0.05) is 30.3 Å². The maximum Gasteiger partial charge on any atom is 0.293 e. The molecule has 0 unspecified atom stereocenters. The average Bonchev–Trinajstić information content (AvgIpc) is 3.28. The first-order chi connectivity index (χ1) is 13.1. The molecule has 0 saturated carbocycles. The van der Waals surface area contributed by atoms with Crippen molar-refractivity contribution in [3.05, 3.63) is 87.1 Å². The standard InChI is InChI=1S/C19H13N3O4S/c23-18(17-10-13-5-1-2-7-16(13)26-17)21-19-20-11-15(27-19)9-12-4-3-6-14(8-12)22(24)25/h1-8,10-11H,9H2,(H,20,21,23). The van der Waals surface area contributed by atoms with E-state index in [1.807, 2.05) is 24.3 Å². The fourth-order valence-corrected chi connectivity index (χ4v) is 3.52. The number of hydrogen-bond acceptors (Lipinski definition) is 6. The highest BCUT2D eigenvalue weighted by Gasteiger charge is 2.14. The predicted octanol–water partition coefficient (Wildman–Crippen LogP) is 4.64. The van der Waals surface area contributed by atoms with Gasteiger partial charge in [0.2, 0.25) is 0 Å². The molecule has 0 saturated heterocycles. The Hall–Kier alpha value is -3.52. The van der Waals surface area contributed by atoms with Gasteiger partial charge in [0, 0.05) is 35.0 Å². The lowest BCUT2D eigenvalue weighted by Gasteiger charge is -1.99. The molecule has 7 nitrogen and oxygen atoms in total. The summed E-state index contributed by atoms with van der Waals surface area (Å²) in [7, 11) is 0. The third-order valence-corrected chi connectivity index (χ3v) is 4.84. The number of anilines is 1. The molecule has 0 fully saturated rings. The minimum atomic E-state index is -0.421. The Morgan fingerprint density at radius 2 is 2.04 bits per heavy atom. The molecule has 134 valence electrons. The maximum absolute atomic E-state index is 12.4. The summed E-state index contributed by atoms with van der Waals surface area (Å²) in [5.41, 5.74) is 1.51. The molecule has 2 aromatic carbocycles. The monoisotopic (exact) mass is 379 g/mol. The van der Waals surface area contributed by atoms with Crippen molar-refractivity contribution in [2.75, 3.05) is 5.32 Å². The Labute approximate surface area is 157 Å². The number of aromatic nitrogens is 1.